The summed E-state index contributed by atoms with van der Waals surface area (Å²) in [5.74, 6) is -2.19. The Morgan fingerprint density at radius 3 is 2.90 bits per heavy atom. The van der Waals surface area contributed by atoms with Gasteiger partial charge in [-0.2, -0.15) is 0 Å². The number of benzene rings is 1. The Kier molecular flexibility index (Phi) is 5.44. The second-order valence-corrected chi connectivity index (χ2v) is 7.20. The molecular formula is C21H21F2N3O3. The van der Waals surface area contributed by atoms with Gasteiger partial charge >= 0.3 is 0 Å². The summed E-state index contributed by atoms with van der Waals surface area (Å²) in [4.78, 5) is 18.5. The fourth-order valence-electron chi connectivity index (χ4n) is 3.63. The second kappa shape index (κ2) is 8.16. The van der Waals surface area contributed by atoms with E-state index in [4.69, 9.17) is 4.74 Å². The number of halogens is 2. The highest BCUT2D eigenvalue weighted by atomic mass is 19.2. The molecule has 2 aromatic rings. The lowest BCUT2D eigenvalue weighted by Gasteiger charge is -2.31. The normalized spacial score (nSPS) is 21.1. The van der Waals surface area contributed by atoms with Gasteiger partial charge in [0.25, 0.3) is 5.91 Å². The molecule has 0 radical (unpaired) electrons. The molecule has 1 saturated carbocycles. The van der Waals surface area contributed by atoms with E-state index in [0.29, 0.717) is 18.5 Å². The molecule has 1 aromatic carbocycles. The maximum atomic E-state index is 14.2. The summed E-state index contributed by atoms with van der Waals surface area (Å²) < 4.78 is 33.4. The Balaban J connectivity index is 1.59. The number of nitrogens with zero attached hydrogens (tertiary/aromatic N) is 2. The van der Waals surface area contributed by atoms with Gasteiger partial charge in [0.15, 0.2) is 11.6 Å². The predicted molar refractivity (Wildman–Crippen MR) is 102 cm³/mol. The number of hydrogen-bond donors (Lipinski definition) is 2. The smallest absolute Gasteiger partial charge is 0.288 e. The van der Waals surface area contributed by atoms with Crippen molar-refractivity contribution in [2.45, 2.75) is 44.4 Å². The zero-order chi connectivity index (χ0) is 20.4. The summed E-state index contributed by atoms with van der Waals surface area (Å²) in [7, 11) is 0. The number of rotatable bonds is 4. The molecule has 1 amide bonds. The van der Waals surface area contributed by atoms with Crippen molar-refractivity contribution in [3.05, 3.63) is 65.7 Å². The van der Waals surface area contributed by atoms with Crippen LogP contribution in [0.2, 0.25) is 0 Å². The van der Waals surface area contributed by atoms with Crippen LogP contribution in [0.3, 0.4) is 0 Å². The maximum Gasteiger partial charge on any atom is 0.288 e. The Hall–Kier alpha value is -3.00. The molecular weight excluding hydrogens is 380 g/mol. The van der Waals surface area contributed by atoms with Gasteiger partial charge in [0.2, 0.25) is 11.6 Å². The molecule has 29 heavy (non-hydrogen) atoms. The molecule has 8 heteroatoms. The SMILES string of the molecule is O=C(N[C@H]1CCCC[C@@H]1O)C1=CN(Cc2cccc(F)c2F)c2cccnc2O1. The largest absolute Gasteiger partial charge is 0.430 e. The molecule has 0 bridgehead atoms. The molecule has 1 aliphatic heterocycles. The van der Waals surface area contributed by atoms with Crippen LogP contribution in [0.25, 0.3) is 0 Å². The molecule has 0 unspecified atom stereocenters. The minimum atomic E-state index is -0.936. The van der Waals surface area contributed by atoms with E-state index in [9.17, 15) is 18.7 Å². The van der Waals surface area contributed by atoms with Crippen molar-refractivity contribution in [1.29, 1.82) is 0 Å². The third kappa shape index (κ3) is 4.07. The molecule has 2 heterocycles. The van der Waals surface area contributed by atoms with Crippen LogP contribution < -0.4 is 15.0 Å². The summed E-state index contributed by atoms with van der Waals surface area (Å²) in [5, 5.41) is 12.9. The van der Waals surface area contributed by atoms with Crippen LogP contribution in [0.1, 0.15) is 31.2 Å². The van der Waals surface area contributed by atoms with Gasteiger partial charge in [-0.25, -0.2) is 13.8 Å². The van der Waals surface area contributed by atoms with Crippen LogP contribution >= 0.6 is 0 Å². The van der Waals surface area contributed by atoms with Crippen molar-refractivity contribution < 1.29 is 23.4 Å². The molecule has 2 aliphatic rings. The van der Waals surface area contributed by atoms with Gasteiger partial charge in [-0.15, -0.1) is 0 Å². The first-order valence-corrected chi connectivity index (χ1v) is 9.56. The molecule has 1 aromatic heterocycles. The van der Waals surface area contributed by atoms with Crippen molar-refractivity contribution in [2.75, 3.05) is 4.90 Å². The molecule has 0 spiro atoms. The first-order chi connectivity index (χ1) is 14.0. The predicted octanol–water partition coefficient (Wildman–Crippen LogP) is 3.02. The van der Waals surface area contributed by atoms with E-state index in [-0.39, 0.29) is 29.8 Å². The van der Waals surface area contributed by atoms with E-state index in [1.165, 1.54) is 24.5 Å². The minimum Gasteiger partial charge on any atom is -0.430 e. The average molecular weight is 401 g/mol. The number of nitrogens with one attached hydrogen (secondary N) is 1. The molecule has 1 fully saturated rings. The van der Waals surface area contributed by atoms with Gasteiger partial charge in [0.1, 0.15) is 5.69 Å². The number of aliphatic hydroxyl groups is 1. The van der Waals surface area contributed by atoms with Crippen LogP contribution in [-0.2, 0) is 11.3 Å². The van der Waals surface area contributed by atoms with Crippen molar-refractivity contribution in [2.24, 2.45) is 0 Å². The van der Waals surface area contributed by atoms with E-state index in [1.54, 1.807) is 17.0 Å². The third-order valence-electron chi connectivity index (χ3n) is 5.18. The van der Waals surface area contributed by atoms with Crippen molar-refractivity contribution in [3.63, 3.8) is 0 Å². The van der Waals surface area contributed by atoms with Gasteiger partial charge in [-0.05, 0) is 31.0 Å². The summed E-state index contributed by atoms with van der Waals surface area (Å²) in [5.41, 5.74) is 0.672. The zero-order valence-corrected chi connectivity index (χ0v) is 15.6. The zero-order valence-electron chi connectivity index (χ0n) is 15.6. The number of ether oxygens (including phenoxy) is 1. The summed E-state index contributed by atoms with van der Waals surface area (Å²) in [6.45, 7) is -0.00548. The van der Waals surface area contributed by atoms with Crippen LogP contribution in [0.4, 0.5) is 14.5 Å². The van der Waals surface area contributed by atoms with Crippen molar-refractivity contribution >= 4 is 11.6 Å². The van der Waals surface area contributed by atoms with Gasteiger partial charge in [0.05, 0.1) is 24.9 Å². The van der Waals surface area contributed by atoms with E-state index in [0.717, 1.165) is 18.9 Å². The van der Waals surface area contributed by atoms with Gasteiger partial charge < -0.3 is 20.1 Å². The number of carbonyl (C=O) groups is 1. The lowest BCUT2D eigenvalue weighted by Crippen LogP contribution is -2.46. The number of aliphatic hydroxyl groups excluding tert-OH is 1. The summed E-state index contributed by atoms with van der Waals surface area (Å²) in [6.07, 6.45) is 5.55. The minimum absolute atomic E-state index is 0.00548. The van der Waals surface area contributed by atoms with E-state index < -0.39 is 23.6 Å². The van der Waals surface area contributed by atoms with Gasteiger partial charge in [-0.3, -0.25) is 4.79 Å². The van der Waals surface area contributed by atoms with Crippen molar-refractivity contribution in [3.8, 4) is 5.88 Å². The maximum absolute atomic E-state index is 14.2. The number of anilines is 1. The van der Waals surface area contributed by atoms with E-state index >= 15 is 0 Å². The fourth-order valence-corrected chi connectivity index (χ4v) is 3.63. The molecule has 2 atom stereocenters. The fraction of sp³-hybridized carbons (Fsp3) is 0.333. The van der Waals surface area contributed by atoms with Gasteiger partial charge in [0, 0.05) is 11.8 Å². The van der Waals surface area contributed by atoms with Gasteiger partial charge in [-0.1, -0.05) is 25.0 Å². The number of fused-ring (bicyclic) bond motifs is 1. The first-order valence-electron chi connectivity index (χ1n) is 9.56. The number of amides is 1. The van der Waals surface area contributed by atoms with Crippen LogP contribution in [0.15, 0.2) is 48.5 Å². The molecule has 0 saturated heterocycles. The molecule has 1 aliphatic carbocycles. The lowest BCUT2D eigenvalue weighted by molar-refractivity contribution is -0.121. The number of pyridine rings is 1. The third-order valence-corrected chi connectivity index (χ3v) is 5.18. The van der Waals surface area contributed by atoms with E-state index in [1.807, 2.05) is 0 Å². The topological polar surface area (TPSA) is 74.7 Å². The number of hydrogen-bond acceptors (Lipinski definition) is 5. The first kappa shape index (κ1) is 19.3. The highest BCUT2D eigenvalue weighted by molar-refractivity contribution is 5.93. The quantitative estimate of drug-likeness (QED) is 0.824. The Labute approximate surface area is 166 Å². The Morgan fingerprint density at radius 2 is 2.07 bits per heavy atom. The molecule has 152 valence electrons. The van der Waals surface area contributed by atoms with Crippen molar-refractivity contribution in [1.82, 2.24) is 10.3 Å². The Bertz CT molecular complexity index is 951. The van der Waals surface area contributed by atoms with Crippen LogP contribution in [0.5, 0.6) is 5.88 Å². The van der Waals surface area contributed by atoms with Crippen LogP contribution in [-0.4, -0.2) is 28.1 Å². The average Bonchev–Trinajstić information content (AvgIpc) is 2.73. The molecule has 2 N–H and O–H groups in total. The highest BCUT2D eigenvalue weighted by Gasteiger charge is 2.29. The number of carbonyl (C=O) groups excluding carboxylic acids is 1. The monoisotopic (exact) mass is 401 g/mol. The summed E-state index contributed by atoms with van der Waals surface area (Å²) in [6, 6.07) is 7.03. The Morgan fingerprint density at radius 1 is 1.24 bits per heavy atom. The molecule has 6 nitrogen and oxygen atoms in total. The standard InChI is InChI=1S/C21H21F2N3O3/c22-14-6-3-5-13(19(14)23)11-26-12-18(29-21-16(26)8-4-10-24-21)20(28)25-15-7-1-2-9-17(15)27/h3-6,8,10,12,15,17,27H,1-2,7,9,11H2,(H,25,28)/t15-,17-/m0/s1. The lowest BCUT2D eigenvalue weighted by atomic mass is 9.92. The summed E-state index contributed by atoms with van der Waals surface area (Å²) >= 11 is 0. The second-order valence-electron chi connectivity index (χ2n) is 7.20. The van der Waals surface area contributed by atoms with E-state index in [2.05, 4.69) is 10.3 Å². The number of aromatic nitrogens is 1. The molecule has 4 rings (SSSR count). The van der Waals surface area contributed by atoms with Crippen LogP contribution in [0, 0.1) is 11.6 Å². The highest BCUT2D eigenvalue weighted by Crippen LogP contribution is 2.33.